The summed E-state index contributed by atoms with van der Waals surface area (Å²) >= 11 is 0. The van der Waals surface area contributed by atoms with Crippen LogP contribution in [-0.4, -0.2) is 37.1 Å². The first kappa shape index (κ1) is 19.5. The second kappa shape index (κ2) is 8.26. The van der Waals surface area contributed by atoms with E-state index in [1.165, 1.54) is 33.9 Å². The van der Waals surface area contributed by atoms with Crippen molar-refractivity contribution in [2.45, 2.75) is 27.7 Å². The van der Waals surface area contributed by atoms with Crippen molar-refractivity contribution < 1.29 is 4.74 Å². The SMILES string of the molecule is Cc1ccc(-n2c(C)cc(C=Nc3ccc(N4CCOCC4)cc3)c2C)cc1C. The molecule has 4 rings (SSSR count). The number of benzene rings is 2. The lowest BCUT2D eigenvalue weighted by molar-refractivity contribution is 0.122. The van der Waals surface area contributed by atoms with Gasteiger partial charge in [0.15, 0.2) is 0 Å². The Hall–Kier alpha value is -2.85. The molecular formula is C25H29N3O. The molecule has 4 heteroatoms. The summed E-state index contributed by atoms with van der Waals surface area (Å²) in [4.78, 5) is 7.08. The fourth-order valence-electron chi connectivity index (χ4n) is 3.90. The van der Waals surface area contributed by atoms with E-state index in [9.17, 15) is 0 Å². The average molecular weight is 388 g/mol. The van der Waals surface area contributed by atoms with Crippen LogP contribution in [-0.2, 0) is 4.74 Å². The van der Waals surface area contributed by atoms with Gasteiger partial charge in [-0.05, 0) is 81.3 Å². The molecule has 29 heavy (non-hydrogen) atoms. The van der Waals surface area contributed by atoms with Gasteiger partial charge >= 0.3 is 0 Å². The molecule has 2 heterocycles. The molecular weight excluding hydrogens is 358 g/mol. The van der Waals surface area contributed by atoms with Crippen LogP contribution < -0.4 is 4.90 Å². The highest BCUT2D eigenvalue weighted by atomic mass is 16.5. The third kappa shape index (κ3) is 4.13. The molecule has 3 aromatic rings. The lowest BCUT2D eigenvalue weighted by Crippen LogP contribution is -2.36. The third-order valence-electron chi connectivity index (χ3n) is 5.80. The van der Waals surface area contributed by atoms with Gasteiger partial charge in [0, 0.05) is 47.6 Å². The Morgan fingerprint density at radius 1 is 0.828 bits per heavy atom. The summed E-state index contributed by atoms with van der Waals surface area (Å²) in [5, 5.41) is 0. The van der Waals surface area contributed by atoms with E-state index in [0.29, 0.717) is 0 Å². The van der Waals surface area contributed by atoms with Crippen molar-refractivity contribution >= 4 is 17.6 Å². The molecule has 0 atom stereocenters. The summed E-state index contributed by atoms with van der Waals surface area (Å²) in [7, 11) is 0. The van der Waals surface area contributed by atoms with Gasteiger partial charge < -0.3 is 14.2 Å². The topological polar surface area (TPSA) is 29.8 Å². The van der Waals surface area contributed by atoms with Gasteiger partial charge in [0.25, 0.3) is 0 Å². The Bertz CT molecular complexity index is 1020. The number of anilines is 1. The van der Waals surface area contributed by atoms with E-state index >= 15 is 0 Å². The smallest absolute Gasteiger partial charge is 0.0642 e. The highest BCUT2D eigenvalue weighted by Crippen LogP contribution is 2.24. The van der Waals surface area contributed by atoms with Gasteiger partial charge in [-0.2, -0.15) is 0 Å². The maximum Gasteiger partial charge on any atom is 0.0642 e. The van der Waals surface area contributed by atoms with Crippen molar-refractivity contribution in [1.29, 1.82) is 0 Å². The van der Waals surface area contributed by atoms with E-state index in [0.717, 1.165) is 37.6 Å². The van der Waals surface area contributed by atoms with Crippen LogP contribution in [0.15, 0.2) is 53.5 Å². The zero-order valence-corrected chi connectivity index (χ0v) is 17.8. The Morgan fingerprint density at radius 2 is 1.52 bits per heavy atom. The van der Waals surface area contributed by atoms with Gasteiger partial charge in [-0.1, -0.05) is 6.07 Å². The van der Waals surface area contributed by atoms with Gasteiger partial charge in [0.05, 0.1) is 18.9 Å². The van der Waals surface area contributed by atoms with E-state index in [2.05, 4.69) is 85.7 Å². The standard InChI is InChI=1S/C25H29N3O/c1-18-5-8-25(15-19(18)2)28-20(3)16-22(21(28)4)17-26-23-6-9-24(10-7-23)27-11-13-29-14-12-27/h5-10,15-17H,11-14H2,1-4H3. The van der Waals surface area contributed by atoms with Crippen molar-refractivity contribution in [1.82, 2.24) is 4.57 Å². The second-order valence-corrected chi connectivity index (χ2v) is 7.80. The first-order chi connectivity index (χ1) is 14.0. The van der Waals surface area contributed by atoms with E-state index in [4.69, 9.17) is 9.73 Å². The van der Waals surface area contributed by atoms with Gasteiger partial charge in [-0.15, -0.1) is 0 Å². The number of aromatic nitrogens is 1. The van der Waals surface area contributed by atoms with Crippen molar-refractivity contribution in [3.05, 3.63) is 76.6 Å². The zero-order valence-electron chi connectivity index (χ0n) is 17.8. The highest BCUT2D eigenvalue weighted by molar-refractivity contribution is 5.84. The molecule has 150 valence electrons. The van der Waals surface area contributed by atoms with Crippen LogP contribution in [0.5, 0.6) is 0 Å². The van der Waals surface area contributed by atoms with Gasteiger partial charge in [0.2, 0.25) is 0 Å². The van der Waals surface area contributed by atoms with Crippen molar-refractivity contribution in [2.75, 3.05) is 31.2 Å². The Balaban J connectivity index is 1.55. The average Bonchev–Trinajstić information content (AvgIpc) is 3.03. The predicted molar refractivity (Wildman–Crippen MR) is 121 cm³/mol. The molecule has 0 radical (unpaired) electrons. The number of rotatable bonds is 4. The molecule has 0 unspecified atom stereocenters. The van der Waals surface area contributed by atoms with Crippen molar-refractivity contribution in [3.63, 3.8) is 0 Å². The minimum Gasteiger partial charge on any atom is -0.378 e. The van der Waals surface area contributed by atoms with Gasteiger partial charge in [-0.3, -0.25) is 4.99 Å². The van der Waals surface area contributed by atoms with Crippen LogP contribution in [0, 0.1) is 27.7 Å². The molecule has 0 saturated carbocycles. The summed E-state index contributed by atoms with van der Waals surface area (Å²) in [5.74, 6) is 0. The lowest BCUT2D eigenvalue weighted by Gasteiger charge is -2.28. The van der Waals surface area contributed by atoms with Crippen LogP contribution in [0.3, 0.4) is 0 Å². The Morgan fingerprint density at radius 3 is 2.21 bits per heavy atom. The van der Waals surface area contributed by atoms with Crippen LogP contribution in [0.4, 0.5) is 11.4 Å². The summed E-state index contributed by atoms with van der Waals surface area (Å²) in [6.45, 7) is 12.1. The maximum absolute atomic E-state index is 5.43. The fraction of sp³-hybridized carbons (Fsp3) is 0.320. The maximum atomic E-state index is 5.43. The summed E-state index contributed by atoms with van der Waals surface area (Å²) < 4.78 is 7.73. The monoisotopic (exact) mass is 387 g/mol. The van der Waals surface area contributed by atoms with Crippen molar-refractivity contribution in [2.24, 2.45) is 4.99 Å². The van der Waals surface area contributed by atoms with Crippen LogP contribution in [0.1, 0.15) is 28.1 Å². The molecule has 1 aromatic heterocycles. The zero-order chi connectivity index (χ0) is 20.4. The molecule has 1 aliphatic heterocycles. The summed E-state index contributed by atoms with van der Waals surface area (Å²) in [6, 6.07) is 17.3. The minimum atomic E-state index is 0.802. The molecule has 0 spiro atoms. The number of hydrogen-bond donors (Lipinski definition) is 0. The normalized spacial score (nSPS) is 14.7. The first-order valence-corrected chi connectivity index (χ1v) is 10.3. The molecule has 2 aromatic carbocycles. The molecule has 0 N–H and O–H groups in total. The first-order valence-electron chi connectivity index (χ1n) is 10.3. The number of nitrogens with zero attached hydrogens (tertiary/aromatic N) is 3. The lowest BCUT2D eigenvalue weighted by atomic mass is 10.1. The van der Waals surface area contributed by atoms with E-state index in [1.807, 2.05) is 6.21 Å². The van der Waals surface area contributed by atoms with E-state index in [-0.39, 0.29) is 0 Å². The largest absolute Gasteiger partial charge is 0.378 e. The Labute approximate surface area is 173 Å². The molecule has 0 amide bonds. The molecule has 1 saturated heterocycles. The summed E-state index contributed by atoms with van der Waals surface area (Å²) in [6.07, 6.45) is 1.98. The fourth-order valence-corrected chi connectivity index (χ4v) is 3.90. The van der Waals surface area contributed by atoms with Crippen LogP contribution >= 0.6 is 0 Å². The highest BCUT2D eigenvalue weighted by Gasteiger charge is 2.12. The Kier molecular flexibility index (Phi) is 5.54. The molecule has 4 nitrogen and oxygen atoms in total. The second-order valence-electron chi connectivity index (χ2n) is 7.80. The summed E-state index contributed by atoms with van der Waals surface area (Å²) in [5.41, 5.74) is 9.62. The van der Waals surface area contributed by atoms with Gasteiger partial charge in [0.1, 0.15) is 0 Å². The van der Waals surface area contributed by atoms with Crippen LogP contribution in [0.25, 0.3) is 5.69 Å². The van der Waals surface area contributed by atoms with Crippen molar-refractivity contribution in [3.8, 4) is 5.69 Å². The molecule has 0 bridgehead atoms. The molecule has 1 fully saturated rings. The van der Waals surface area contributed by atoms with Crippen LogP contribution in [0.2, 0.25) is 0 Å². The number of aryl methyl sites for hydroxylation is 3. The van der Waals surface area contributed by atoms with E-state index in [1.54, 1.807) is 0 Å². The number of ether oxygens (including phenoxy) is 1. The van der Waals surface area contributed by atoms with E-state index < -0.39 is 0 Å². The molecule has 1 aliphatic rings. The quantitative estimate of drug-likeness (QED) is 0.569. The van der Waals surface area contributed by atoms with Gasteiger partial charge in [-0.25, -0.2) is 0 Å². The predicted octanol–water partition coefficient (Wildman–Crippen LogP) is 5.30. The number of aliphatic imine (C=N–C) groups is 1. The number of morpholine rings is 1. The minimum absolute atomic E-state index is 0.802. The molecule has 0 aliphatic carbocycles. The number of hydrogen-bond acceptors (Lipinski definition) is 3. The third-order valence-corrected chi connectivity index (χ3v) is 5.80.